The Morgan fingerprint density at radius 3 is 2.61 bits per heavy atom. The largest absolute Gasteiger partial charge is 0.480 e. The quantitative estimate of drug-likeness (QED) is 0.657. The molecule has 0 spiro atoms. The molecule has 0 radical (unpaired) electrons. The maximum atomic E-state index is 10.7. The van der Waals surface area contributed by atoms with E-state index in [1.165, 1.54) is 12.1 Å². The smallest absolute Gasteiger partial charge is 0.323 e. The molecule has 0 saturated heterocycles. The first-order chi connectivity index (χ1) is 8.36. The number of benzene rings is 1. The molecule has 0 atom stereocenters. The lowest BCUT2D eigenvalue weighted by atomic mass is 10.1. The van der Waals surface area contributed by atoms with Gasteiger partial charge in [-0.1, -0.05) is 11.6 Å². The van der Waals surface area contributed by atoms with Crippen molar-refractivity contribution >= 4 is 28.9 Å². The molecule has 6 nitrogen and oxygen atoms in total. The van der Waals surface area contributed by atoms with Gasteiger partial charge in [-0.25, -0.2) is 0 Å². The van der Waals surface area contributed by atoms with Crippen LogP contribution in [0.5, 0.6) is 0 Å². The molecule has 1 aromatic carbocycles. The maximum Gasteiger partial charge on any atom is 0.323 e. The van der Waals surface area contributed by atoms with Gasteiger partial charge in [0.05, 0.1) is 4.92 Å². The fraction of sp³-hybridized carbons (Fsp3) is 0.364. The van der Waals surface area contributed by atoms with Crippen LogP contribution in [0.3, 0.4) is 0 Å². The summed E-state index contributed by atoms with van der Waals surface area (Å²) in [7, 11) is 0. The van der Waals surface area contributed by atoms with Crippen molar-refractivity contribution in [1.82, 2.24) is 0 Å². The standard InChI is InChI=1S/C11H13ClN2O4/c1-3-13(6-11(15)16)9-5-8(12)10(14(17)18)4-7(9)2/h4-5H,3,6H2,1-2H3,(H,15,16). The number of nitro benzene ring substituents is 1. The minimum absolute atomic E-state index is 0.00411. The van der Waals surface area contributed by atoms with E-state index in [-0.39, 0.29) is 17.3 Å². The second kappa shape index (κ2) is 5.68. The lowest BCUT2D eigenvalue weighted by Crippen LogP contribution is -2.29. The minimum Gasteiger partial charge on any atom is -0.480 e. The average Bonchev–Trinajstić information content (AvgIpc) is 2.28. The molecule has 0 amide bonds. The van der Waals surface area contributed by atoms with E-state index in [9.17, 15) is 14.9 Å². The van der Waals surface area contributed by atoms with E-state index in [4.69, 9.17) is 16.7 Å². The molecule has 18 heavy (non-hydrogen) atoms. The topological polar surface area (TPSA) is 83.7 Å². The Morgan fingerprint density at radius 1 is 1.56 bits per heavy atom. The molecule has 0 bridgehead atoms. The van der Waals surface area contributed by atoms with Crippen LogP contribution in [0.25, 0.3) is 0 Å². The van der Waals surface area contributed by atoms with Gasteiger partial charge in [0.2, 0.25) is 0 Å². The van der Waals surface area contributed by atoms with Crippen molar-refractivity contribution in [3.63, 3.8) is 0 Å². The van der Waals surface area contributed by atoms with Crippen molar-refractivity contribution < 1.29 is 14.8 Å². The predicted octanol–water partition coefficient (Wildman–Crippen LogP) is 2.47. The number of rotatable bonds is 5. The van der Waals surface area contributed by atoms with E-state index in [1.807, 2.05) is 0 Å². The third kappa shape index (κ3) is 3.10. The number of carbonyl (C=O) groups is 1. The zero-order valence-corrected chi connectivity index (χ0v) is 10.8. The number of halogens is 1. The van der Waals surface area contributed by atoms with Crippen LogP contribution < -0.4 is 4.90 Å². The number of hydrogen-bond donors (Lipinski definition) is 1. The highest BCUT2D eigenvalue weighted by molar-refractivity contribution is 6.33. The number of aliphatic carboxylic acids is 1. The summed E-state index contributed by atoms with van der Waals surface area (Å²) in [5.41, 5.74) is 1.04. The Morgan fingerprint density at radius 2 is 2.17 bits per heavy atom. The monoisotopic (exact) mass is 272 g/mol. The normalized spacial score (nSPS) is 10.2. The molecule has 0 unspecified atom stereocenters. The summed E-state index contributed by atoms with van der Waals surface area (Å²) >= 11 is 5.82. The Kier molecular flexibility index (Phi) is 4.49. The fourth-order valence-corrected chi connectivity index (χ4v) is 1.89. The van der Waals surface area contributed by atoms with Gasteiger partial charge in [0.25, 0.3) is 5.69 Å². The van der Waals surface area contributed by atoms with Gasteiger partial charge in [-0.2, -0.15) is 0 Å². The van der Waals surface area contributed by atoms with Crippen molar-refractivity contribution in [3.8, 4) is 0 Å². The van der Waals surface area contributed by atoms with Crippen LogP contribution in [0.15, 0.2) is 12.1 Å². The van der Waals surface area contributed by atoms with Crippen LogP contribution in [-0.2, 0) is 4.79 Å². The number of likely N-dealkylation sites (N-methyl/N-ethyl adjacent to an activating group) is 1. The first-order valence-electron chi connectivity index (χ1n) is 5.28. The van der Waals surface area contributed by atoms with Crippen molar-refractivity contribution in [1.29, 1.82) is 0 Å². The molecular weight excluding hydrogens is 260 g/mol. The molecule has 0 aliphatic rings. The van der Waals surface area contributed by atoms with Gasteiger partial charge in [-0.05, 0) is 25.5 Å². The number of nitrogens with zero attached hydrogens (tertiary/aromatic N) is 2. The molecule has 1 rings (SSSR count). The van der Waals surface area contributed by atoms with Crippen molar-refractivity contribution in [2.75, 3.05) is 18.0 Å². The van der Waals surface area contributed by atoms with Gasteiger partial charge in [0, 0.05) is 18.3 Å². The van der Waals surface area contributed by atoms with Crippen LogP contribution in [-0.4, -0.2) is 29.1 Å². The summed E-state index contributed by atoms with van der Waals surface area (Å²) < 4.78 is 0. The zero-order chi connectivity index (χ0) is 13.9. The minimum atomic E-state index is -0.967. The first kappa shape index (κ1) is 14.2. The first-order valence-corrected chi connectivity index (χ1v) is 5.65. The van der Waals surface area contributed by atoms with Crippen LogP contribution in [0, 0.1) is 17.0 Å². The van der Waals surface area contributed by atoms with Gasteiger partial charge in [0.15, 0.2) is 0 Å². The lowest BCUT2D eigenvalue weighted by molar-refractivity contribution is -0.384. The average molecular weight is 273 g/mol. The highest BCUT2D eigenvalue weighted by atomic mass is 35.5. The number of carboxylic acid groups (broad SMARTS) is 1. The number of hydrogen-bond acceptors (Lipinski definition) is 4. The Bertz CT molecular complexity index is 490. The highest BCUT2D eigenvalue weighted by Crippen LogP contribution is 2.32. The summed E-state index contributed by atoms with van der Waals surface area (Å²) in [5.74, 6) is -0.967. The molecule has 7 heteroatoms. The molecule has 0 heterocycles. The number of anilines is 1. The van der Waals surface area contributed by atoms with Crippen LogP contribution >= 0.6 is 11.6 Å². The molecule has 0 saturated carbocycles. The van der Waals surface area contributed by atoms with Crippen molar-refractivity contribution in [2.45, 2.75) is 13.8 Å². The Labute approximate surface area is 109 Å². The fourth-order valence-electron chi connectivity index (χ4n) is 1.67. The van der Waals surface area contributed by atoms with E-state index >= 15 is 0 Å². The van der Waals surface area contributed by atoms with Gasteiger partial charge in [0.1, 0.15) is 11.6 Å². The molecule has 0 fully saturated rings. The van der Waals surface area contributed by atoms with E-state index in [0.717, 1.165) is 0 Å². The molecule has 0 aliphatic carbocycles. The SMILES string of the molecule is CCN(CC(=O)O)c1cc(Cl)c([N+](=O)[O-])cc1C. The lowest BCUT2D eigenvalue weighted by Gasteiger charge is -2.23. The van der Waals surface area contributed by atoms with Gasteiger partial charge < -0.3 is 10.0 Å². The van der Waals surface area contributed by atoms with Crippen LogP contribution in [0.2, 0.25) is 5.02 Å². The van der Waals surface area contributed by atoms with E-state index in [1.54, 1.807) is 18.7 Å². The third-order valence-electron chi connectivity index (χ3n) is 2.51. The van der Waals surface area contributed by atoms with Gasteiger partial charge >= 0.3 is 5.97 Å². The Hall–Kier alpha value is -1.82. The third-order valence-corrected chi connectivity index (χ3v) is 2.81. The molecular formula is C11H13ClN2O4. The highest BCUT2D eigenvalue weighted by Gasteiger charge is 2.18. The van der Waals surface area contributed by atoms with Gasteiger partial charge in [-0.15, -0.1) is 0 Å². The zero-order valence-electron chi connectivity index (χ0n) is 10.0. The van der Waals surface area contributed by atoms with E-state index in [2.05, 4.69) is 0 Å². The second-order valence-electron chi connectivity index (χ2n) is 3.76. The predicted molar refractivity (Wildman–Crippen MR) is 68.4 cm³/mol. The van der Waals surface area contributed by atoms with Crippen LogP contribution in [0.1, 0.15) is 12.5 Å². The second-order valence-corrected chi connectivity index (χ2v) is 4.16. The molecule has 1 N–H and O–H groups in total. The van der Waals surface area contributed by atoms with Gasteiger partial charge in [-0.3, -0.25) is 14.9 Å². The summed E-state index contributed by atoms with van der Waals surface area (Å²) in [6, 6.07) is 2.78. The molecule has 1 aromatic rings. The molecule has 98 valence electrons. The molecule has 0 aromatic heterocycles. The molecule has 0 aliphatic heterocycles. The van der Waals surface area contributed by atoms with E-state index < -0.39 is 10.9 Å². The summed E-state index contributed by atoms with van der Waals surface area (Å²) in [6.07, 6.45) is 0. The summed E-state index contributed by atoms with van der Waals surface area (Å²) in [6.45, 7) is 3.79. The van der Waals surface area contributed by atoms with Crippen molar-refractivity contribution in [2.24, 2.45) is 0 Å². The Balaban J connectivity index is 3.20. The maximum absolute atomic E-state index is 10.7. The number of carboxylic acids is 1. The summed E-state index contributed by atoms with van der Waals surface area (Å²) in [4.78, 5) is 22.5. The van der Waals surface area contributed by atoms with Crippen molar-refractivity contribution in [3.05, 3.63) is 32.8 Å². The summed E-state index contributed by atoms with van der Waals surface area (Å²) in [5, 5.41) is 19.5. The number of nitro groups is 1. The van der Waals surface area contributed by atoms with E-state index in [0.29, 0.717) is 17.8 Å². The number of aryl methyl sites for hydroxylation is 1. The van der Waals surface area contributed by atoms with Crippen LogP contribution in [0.4, 0.5) is 11.4 Å².